The molecule has 0 aliphatic rings. The van der Waals surface area contributed by atoms with E-state index in [0.717, 1.165) is 5.56 Å². The third-order valence-electron chi connectivity index (χ3n) is 3.19. The van der Waals surface area contributed by atoms with Crippen LogP contribution >= 0.6 is 0 Å². The molecule has 0 bridgehead atoms. The van der Waals surface area contributed by atoms with Gasteiger partial charge in [-0.3, -0.25) is 9.59 Å². The number of primary amides is 1. The van der Waals surface area contributed by atoms with Gasteiger partial charge in [-0.1, -0.05) is 26.8 Å². The van der Waals surface area contributed by atoms with Gasteiger partial charge in [0.05, 0.1) is 11.5 Å². The average molecular weight is 292 g/mol. The summed E-state index contributed by atoms with van der Waals surface area (Å²) in [5.41, 5.74) is 7.20. The maximum atomic E-state index is 11.4. The molecule has 1 atom stereocenters. The largest absolute Gasteiger partial charge is 0.481 e. The predicted molar refractivity (Wildman–Crippen MR) is 83.4 cm³/mol. The van der Waals surface area contributed by atoms with Crippen molar-refractivity contribution in [1.29, 1.82) is 0 Å². The van der Waals surface area contributed by atoms with Gasteiger partial charge >= 0.3 is 5.97 Å². The number of carboxylic acids is 1. The summed E-state index contributed by atoms with van der Waals surface area (Å²) in [6.45, 7) is 8.18. The molecule has 1 aromatic rings. The van der Waals surface area contributed by atoms with Crippen molar-refractivity contribution < 1.29 is 14.7 Å². The van der Waals surface area contributed by atoms with Crippen molar-refractivity contribution in [1.82, 2.24) is 0 Å². The second-order valence-electron chi connectivity index (χ2n) is 6.59. The number of nitrogens with two attached hydrogens (primary N) is 1. The number of nitrogens with one attached hydrogen (secondary N) is 1. The highest BCUT2D eigenvalue weighted by Gasteiger charge is 2.24. The Morgan fingerprint density at radius 1 is 1.33 bits per heavy atom. The number of hydrogen-bond donors (Lipinski definition) is 3. The fourth-order valence-corrected chi connectivity index (χ4v) is 2.24. The van der Waals surface area contributed by atoms with E-state index in [4.69, 9.17) is 5.73 Å². The lowest BCUT2D eigenvalue weighted by Crippen LogP contribution is -2.28. The summed E-state index contributed by atoms with van der Waals surface area (Å²) in [5.74, 6) is -1.89. The summed E-state index contributed by atoms with van der Waals surface area (Å²) in [4.78, 5) is 22.8. The summed E-state index contributed by atoms with van der Waals surface area (Å²) in [7, 11) is 0. The average Bonchev–Trinajstić information content (AvgIpc) is 2.32. The molecule has 0 spiro atoms. The smallest absolute Gasteiger partial charge is 0.308 e. The first-order valence-corrected chi connectivity index (χ1v) is 6.97. The van der Waals surface area contributed by atoms with E-state index in [0.29, 0.717) is 17.7 Å². The summed E-state index contributed by atoms with van der Waals surface area (Å²) in [5, 5.41) is 12.4. The van der Waals surface area contributed by atoms with Gasteiger partial charge in [0.1, 0.15) is 0 Å². The maximum Gasteiger partial charge on any atom is 0.308 e. The van der Waals surface area contributed by atoms with E-state index in [9.17, 15) is 14.7 Å². The summed E-state index contributed by atoms with van der Waals surface area (Å²) >= 11 is 0. The van der Waals surface area contributed by atoms with Gasteiger partial charge in [0.2, 0.25) is 0 Å². The molecule has 21 heavy (non-hydrogen) atoms. The third kappa shape index (κ3) is 5.45. The Morgan fingerprint density at radius 3 is 2.43 bits per heavy atom. The van der Waals surface area contributed by atoms with Gasteiger partial charge in [0, 0.05) is 12.2 Å². The van der Waals surface area contributed by atoms with Crippen molar-refractivity contribution in [2.24, 2.45) is 17.1 Å². The topological polar surface area (TPSA) is 92.4 Å². The van der Waals surface area contributed by atoms with E-state index >= 15 is 0 Å². The van der Waals surface area contributed by atoms with Crippen LogP contribution in [-0.4, -0.2) is 23.5 Å². The molecule has 0 radical (unpaired) electrons. The van der Waals surface area contributed by atoms with Crippen molar-refractivity contribution >= 4 is 17.6 Å². The number of carbonyl (C=O) groups is 2. The molecule has 1 amide bonds. The molecule has 0 fully saturated rings. The predicted octanol–water partition coefficient (Wildman–Crippen LogP) is 2.64. The quantitative estimate of drug-likeness (QED) is 0.751. The Kier molecular flexibility index (Phi) is 5.35. The normalized spacial score (nSPS) is 12.8. The summed E-state index contributed by atoms with van der Waals surface area (Å²) in [6.07, 6.45) is 0.549. The van der Waals surface area contributed by atoms with E-state index in [1.165, 1.54) is 0 Å². The molecule has 5 heteroatoms. The van der Waals surface area contributed by atoms with Crippen LogP contribution in [-0.2, 0) is 4.79 Å². The minimum absolute atomic E-state index is 0.0795. The number of aryl methyl sites for hydroxylation is 1. The molecule has 4 N–H and O–H groups in total. The van der Waals surface area contributed by atoms with Crippen molar-refractivity contribution in [3.8, 4) is 0 Å². The van der Waals surface area contributed by atoms with Crippen molar-refractivity contribution in [3.63, 3.8) is 0 Å². The maximum absolute atomic E-state index is 11.4. The minimum atomic E-state index is -0.842. The van der Waals surface area contributed by atoms with Crippen LogP contribution in [0.4, 0.5) is 5.69 Å². The number of aliphatic carboxylic acids is 1. The van der Waals surface area contributed by atoms with Crippen molar-refractivity contribution in [3.05, 3.63) is 29.3 Å². The molecular weight excluding hydrogens is 268 g/mol. The molecule has 1 unspecified atom stereocenters. The second kappa shape index (κ2) is 6.61. The van der Waals surface area contributed by atoms with Gasteiger partial charge < -0.3 is 16.2 Å². The molecule has 0 aliphatic heterocycles. The lowest BCUT2D eigenvalue weighted by atomic mass is 9.84. The molecule has 1 aromatic carbocycles. The summed E-state index contributed by atoms with van der Waals surface area (Å²) < 4.78 is 0. The number of rotatable bonds is 6. The van der Waals surface area contributed by atoms with Crippen LogP contribution < -0.4 is 11.1 Å². The van der Waals surface area contributed by atoms with Crippen LogP contribution in [0.1, 0.15) is 43.1 Å². The lowest BCUT2D eigenvalue weighted by molar-refractivity contribution is -0.142. The van der Waals surface area contributed by atoms with Crippen LogP contribution in [0, 0.1) is 18.3 Å². The molecule has 0 aliphatic carbocycles. The molecule has 0 saturated heterocycles. The Labute approximate surface area is 125 Å². The van der Waals surface area contributed by atoms with Crippen molar-refractivity contribution in [2.45, 2.75) is 34.1 Å². The highest BCUT2D eigenvalue weighted by Crippen LogP contribution is 2.25. The highest BCUT2D eigenvalue weighted by atomic mass is 16.4. The van der Waals surface area contributed by atoms with E-state index < -0.39 is 17.8 Å². The first kappa shape index (κ1) is 17.0. The number of carbonyl (C=O) groups excluding carboxylic acids is 1. The molecule has 5 nitrogen and oxygen atoms in total. The number of anilines is 1. The van der Waals surface area contributed by atoms with Gasteiger partial charge in [-0.25, -0.2) is 0 Å². The number of carboxylic acid groups (broad SMARTS) is 1. The molecule has 0 heterocycles. The monoisotopic (exact) mass is 292 g/mol. The van der Waals surface area contributed by atoms with E-state index in [-0.39, 0.29) is 12.0 Å². The molecule has 116 valence electrons. The Hall–Kier alpha value is -2.04. The Bertz CT molecular complexity index is 533. The van der Waals surface area contributed by atoms with Crippen LogP contribution in [0.2, 0.25) is 0 Å². The van der Waals surface area contributed by atoms with Crippen LogP contribution in [0.25, 0.3) is 0 Å². The van der Waals surface area contributed by atoms with Gasteiger partial charge in [0.25, 0.3) is 5.91 Å². The van der Waals surface area contributed by atoms with Gasteiger partial charge in [-0.05, 0) is 36.5 Å². The number of benzene rings is 1. The zero-order chi connectivity index (χ0) is 16.2. The van der Waals surface area contributed by atoms with Gasteiger partial charge in [-0.2, -0.15) is 0 Å². The van der Waals surface area contributed by atoms with E-state index in [1.807, 2.05) is 27.7 Å². The standard InChI is InChI=1S/C16H24N2O3/c1-10-5-6-12(14(17)19)13(7-10)18-9-11(15(20)21)8-16(2,3)4/h5-7,11,18H,8-9H2,1-4H3,(H2,17,19)(H,20,21). The Balaban J connectivity index is 2.87. The van der Waals surface area contributed by atoms with Gasteiger partial charge in [0.15, 0.2) is 0 Å². The highest BCUT2D eigenvalue weighted by molar-refractivity contribution is 5.98. The first-order chi connectivity index (χ1) is 9.60. The van der Waals surface area contributed by atoms with Gasteiger partial charge in [-0.15, -0.1) is 0 Å². The van der Waals surface area contributed by atoms with Crippen molar-refractivity contribution in [2.75, 3.05) is 11.9 Å². The molecule has 0 aromatic heterocycles. The third-order valence-corrected chi connectivity index (χ3v) is 3.19. The minimum Gasteiger partial charge on any atom is -0.481 e. The fourth-order valence-electron chi connectivity index (χ4n) is 2.24. The van der Waals surface area contributed by atoms with Crippen LogP contribution in [0.3, 0.4) is 0 Å². The fraction of sp³-hybridized carbons (Fsp3) is 0.500. The summed E-state index contributed by atoms with van der Waals surface area (Å²) in [6, 6.07) is 5.25. The number of hydrogen-bond acceptors (Lipinski definition) is 3. The second-order valence-corrected chi connectivity index (χ2v) is 6.59. The molecule has 0 saturated carbocycles. The zero-order valence-electron chi connectivity index (χ0n) is 13.1. The lowest BCUT2D eigenvalue weighted by Gasteiger charge is -2.24. The first-order valence-electron chi connectivity index (χ1n) is 6.97. The van der Waals surface area contributed by atoms with E-state index in [1.54, 1.807) is 18.2 Å². The number of amides is 1. The van der Waals surface area contributed by atoms with Crippen LogP contribution in [0.5, 0.6) is 0 Å². The SMILES string of the molecule is Cc1ccc(C(N)=O)c(NCC(CC(C)(C)C)C(=O)O)c1. The van der Waals surface area contributed by atoms with Crippen LogP contribution in [0.15, 0.2) is 18.2 Å². The molecule has 1 rings (SSSR count). The Morgan fingerprint density at radius 2 is 1.95 bits per heavy atom. The van der Waals surface area contributed by atoms with E-state index in [2.05, 4.69) is 5.32 Å². The molecular formula is C16H24N2O3. The zero-order valence-corrected chi connectivity index (χ0v) is 13.1.